The van der Waals surface area contributed by atoms with Crippen LogP contribution in [0.5, 0.6) is 0 Å². The highest BCUT2D eigenvalue weighted by atomic mass is 16.5. The maximum atomic E-state index is 11.8. The summed E-state index contributed by atoms with van der Waals surface area (Å²) < 4.78 is 9.46. The first-order chi connectivity index (χ1) is 12.3. The average molecular weight is 370 g/mol. The van der Waals surface area contributed by atoms with Crippen molar-refractivity contribution in [3.63, 3.8) is 0 Å². The molecule has 0 aromatic carbocycles. The Hall–Kier alpha value is -3.04. The number of hydrogen-bond donors (Lipinski definition) is 2. The van der Waals surface area contributed by atoms with Crippen molar-refractivity contribution < 1.29 is 28.7 Å². The first-order valence-corrected chi connectivity index (χ1v) is 7.88. The largest absolute Gasteiger partial charge is 0.461 e. The summed E-state index contributed by atoms with van der Waals surface area (Å²) in [5.74, 6) is -1.11. The van der Waals surface area contributed by atoms with Crippen molar-refractivity contribution in [1.82, 2.24) is 20.4 Å². The van der Waals surface area contributed by atoms with E-state index in [0.29, 0.717) is 13.1 Å². The fourth-order valence-electron chi connectivity index (χ4n) is 1.51. The summed E-state index contributed by atoms with van der Waals surface area (Å²) in [4.78, 5) is 48.1. The number of carbonyl (C=O) groups excluding carboxylic acids is 4. The first kappa shape index (κ1) is 23.0. The lowest BCUT2D eigenvalue weighted by Gasteiger charge is -2.23. The molecule has 0 unspecified atom stereocenters. The molecule has 26 heavy (non-hydrogen) atoms. The lowest BCUT2D eigenvalue weighted by molar-refractivity contribution is -0.138. The van der Waals surface area contributed by atoms with E-state index in [0.717, 1.165) is 12.2 Å². The van der Waals surface area contributed by atoms with Gasteiger partial charge in [0.05, 0.1) is 13.1 Å². The Kier molecular flexibility index (Phi) is 11.7. The molecule has 0 aliphatic rings. The molecule has 0 fully saturated rings. The number of rotatable bonds is 11. The summed E-state index contributed by atoms with van der Waals surface area (Å²) in [5, 5.41) is 5.15. The average Bonchev–Trinajstić information content (AvgIpc) is 2.65. The van der Waals surface area contributed by atoms with Crippen LogP contribution in [0.15, 0.2) is 25.3 Å². The van der Waals surface area contributed by atoms with Crippen LogP contribution in [0.1, 0.15) is 0 Å². The van der Waals surface area contributed by atoms with Gasteiger partial charge in [-0.3, -0.25) is 0 Å². The lowest BCUT2D eigenvalue weighted by Crippen LogP contribution is -2.45. The van der Waals surface area contributed by atoms with Gasteiger partial charge in [-0.15, -0.1) is 0 Å². The van der Waals surface area contributed by atoms with E-state index in [2.05, 4.69) is 23.8 Å². The normalized spacial score (nSPS) is 9.46. The van der Waals surface area contributed by atoms with E-state index >= 15 is 0 Å². The minimum atomic E-state index is -0.556. The Morgan fingerprint density at radius 3 is 1.46 bits per heavy atom. The van der Waals surface area contributed by atoms with Crippen LogP contribution in [0, 0.1) is 0 Å². The maximum absolute atomic E-state index is 11.8. The van der Waals surface area contributed by atoms with Crippen molar-refractivity contribution in [3.8, 4) is 0 Å². The van der Waals surface area contributed by atoms with Gasteiger partial charge in [0.1, 0.15) is 13.2 Å². The SMILES string of the molecule is C=CC(=O)OCCNC(=O)N(C)CCN(C)C(=O)NCCOC(=O)C=C. The van der Waals surface area contributed by atoms with Crippen LogP contribution < -0.4 is 10.6 Å². The maximum Gasteiger partial charge on any atom is 0.330 e. The fraction of sp³-hybridized carbons (Fsp3) is 0.500. The second-order valence-electron chi connectivity index (χ2n) is 5.05. The molecular weight excluding hydrogens is 344 g/mol. The van der Waals surface area contributed by atoms with Crippen LogP contribution in [0.4, 0.5) is 9.59 Å². The van der Waals surface area contributed by atoms with E-state index < -0.39 is 11.9 Å². The molecule has 2 N–H and O–H groups in total. The Bertz CT molecular complexity index is 477. The van der Waals surface area contributed by atoms with E-state index in [1.165, 1.54) is 9.80 Å². The Morgan fingerprint density at radius 1 is 0.808 bits per heavy atom. The topological polar surface area (TPSA) is 117 Å². The molecule has 10 nitrogen and oxygen atoms in total. The van der Waals surface area contributed by atoms with E-state index in [-0.39, 0.29) is 38.4 Å². The van der Waals surface area contributed by atoms with Crippen LogP contribution in [-0.2, 0) is 19.1 Å². The van der Waals surface area contributed by atoms with Crippen LogP contribution in [0.2, 0.25) is 0 Å². The van der Waals surface area contributed by atoms with Crippen molar-refractivity contribution in [2.45, 2.75) is 0 Å². The molecule has 4 amide bonds. The Morgan fingerprint density at radius 2 is 1.15 bits per heavy atom. The van der Waals surface area contributed by atoms with Gasteiger partial charge in [-0.1, -0.05) is 13.2 Å². The zero-order chi connectivity index (χ0) is 19.9. The molecular formula is C16H26N4O6. The molecule has 0 saturated carbocycles. The van der Waals surface area contributed by atoms with Gasteiger partial charge in [0.2, 0.25) is 0 Å². The second kappa shape index (κ2) is 13.3. The van der Waals surface area contributed by atoms with Crippen LogP contribution >= 0.6 is 0 Å². The van der Waals surface area contributed by atoms with Crippen molar-refractivity contribution in [2.24, 2.45) is 0 Å². The van der Waals surface area contributed by atoms with Gasteiger partial charge in [0.25, 0.3) is 0 Å². The molecule has 0 aliphatic heterocycles. The zero-order valence-electron chi connectivity index (χ0n) is 15.2. The smallest absolute Gasteiger partial charge is 0.330 e. The summed E-state index contributed by atoms with van der Waals surface area (Å²) in [6, 6.07) is -0.713. The van der Waals surface area contributed by atoms with Gasteiger partial charge in [0.15, 0.2) is 0 Å². The van der Waals surface area contributed by atoms with Crippen molar-refractivity contribution in [3.05, 3.63) is 25.3 Å². The third kappa shape index (κ3) is 10.7. The van der Waals surface area contributed by atoms with Gasteiger partial charge in [0, 0.05) is 39.3 Å². The zero-order valence-corrected chi connectivity index (χ0v) is 15.2. The monoisotopic (exact) mass is 370 g/mol. The summed E-state index contributed by atoms with van der Waals surface area (Å²) >= 11 is 0. The summed E-state index contributed by atoms with van der Waals surface area (Å²) in [7, 11) is 3.15. The highest BCUT2D eigenvalue weighted by molar-refractivity contribution is 5.81. The molecule has 0 aromatic heterocycles. The third-order valence-corrected chi connectivity index (χ3v) is 3.04. The molecule has 0 atom stereocenters. The molecule has 10 heteroatoms. The number of carbonyl (C=O) groups is 4. The number of likely N-dealkylation sites (N-methyl/N-ethyl adjacent to an activating group) is 2. The van der Waals surface area contributed by atoms with E-state index in [4.69, 9.17) is 9.47 Å². The fourth-order valence-corrected chi connectivity index (χ4v) is 1.51. The molecule has 0 saturated heterocycles. The van der Waals surface area contributed by atoms with Crippen LogP contribution in [-0.4, -0.2) is 87.3 Å². The van der Waals surface area contributed by atoms with Crippen molar-refractivity contribution >= 4 is 24.0 Å². The number of hydrogen-bond acceptors (Lipinski definition) is 6. The van der Waals surface area contributed by atoms with Crippen LogP contribution in [0.25, 0.3) is 0 Å². The van der Waals surface area contributed by atoms with Gasteiger partial charge < -0.3 is 29.9 Å². The second-order valence-corrected chi connectivity index (χ2v) is 5.05. The highest BCUT2D eigenvalue weighted by Crippen LogP contribution is 1.90. The van der Waals surface area contributed by atoms with Crippen LogP contribution in [0.3, 0.4) is 0 Å². The third-order valence-electron chi connectivity index (χ3n) is 3.04. The first-order valence-electron chi connectivity index (χ1n) is 7.88. The van der Waals surface area contributed by atoms with E-state index in [9.17, 15) is 19.2 Å². The summed E-state index contributed by atoms with van der Waals surface area (Å²) in [5.41, 5.74) is 0. The number of urea groups is 2. The molecule has 146 valence electrons. The Balaban J connectivity index is 3.91. The molecule has 0 spiro atoms. The van der Waals surface area contributed by atoms with Gasteiger partial charge >= 0.3 is 24.0 Å². The highest BCUT2D eigenvalue weighted by Gasteiger charge is 2.12. The minimum Gasteiger partial charge on any atom is -0.461 e. The molecule has 0 aliphatic carbocycles. The number of nitrogens with one attached hydrogen (secondary N) is 2. The molecule has 0 rings (SSSR count). The van der Waals surface area contributed by atoms with E-state index in [1.54, 1.807) is 14.1 Å². The quantitative estimate of drug-likeness (QED) is 0.294. The predicted octanol–water partition coefficient (Wildman–Crippen LogP) is -0.272. The lowest BCUT2D eigenvalue weighted by atomic mass is 10.5. The number of esters is 2. The Labute approximate surface area is 152 Å². The van der Waals surface area contributed by atoms with E-state index in [1.807, 2.05) is 0 Å². The number of ether oxygens (including phenoxy) is 2. The minimum absolute atomic E-state index is 0.0448. The standard InChI is InChI=1S/C16H26N4O6/c1-5-13(21)25-11-7-17-15(23)19(3)9-10-20(4)16(24)18-8-12-26-14(22)6-2/h5-6H,1-2,7-12H2,3-4H3,(H,17,23)(H,18,24). The molecule has 0 aromatic rings. The van der Waals surface area contributed by atoms with Crippen molar-refractivity contribution in [2.75, 3.05) is 53.5 Å². The van der Waals surface area contributed by atoms with Gasteiger partial charge in [-0.2, -0.15) is 0 Å². The van der Waals surface area contributed by atoms with Crippen molar-refractivity contribution in [1.29, 1.82) is 0 Å². The van der Waals surface area contributed by atoms with Gasteiger partial charge in [-0.25, -0.2) is 19.2 Å². The molecule has 0 radical (unpaired) electrons. The number of nitrogens with zero attached hydrogens (tertiary/aromatic N) is 2. The summed E-state index contributed by atoms with van der Waals surface area (Å²) in [6.45, 7) is 7.55. The predicted molar refractivity (Wildman–Crippen MR) is 94.4 cm³/mol. The number of amides is 4. The molecule has 0 bridgehead atoms. The van der Waals surface area contributed by atoms with Gasteiger partial charge in [-0.05, 0) is 0 Å². The summed E-state index contributed by atoms with van der Waals surface area (Å²) in [6.07, 6.45) is 2.08. The molecule has 0 heterocycles.